The van der Waals surface area contributed by atoms with E-state index in [9.17, 15) is 5.11 Å². The molecule has 1 aromatic carbocycles. The molecular weight excluding hydrogens is 285 g/mol. The molecule has 0 saturated carbocycles. The van der Waals surface area contributed by atoms with Crippen LogP contribution in [0.25, 0.3) is 0 Å². The topological polar surface area (TPSA) is 20.2 Å². The van der Waals surface area contributed by atoms with Crippen molar-refractivity contribution in [2.24, 2.45) is 0 Å². The molecule has 0 fully saturated rings. The minimum absolute atomic E-state index is 0. The third-order valence-electron chi connectivity index (χ3n) is 1.35. The first-order chi connectivity index (χ1) is 7.22. The van der Waals surface area contributed by atoms with Gasteiger partial charge in [0, 0.05) is 38.5 Å². The second kappa shape index (κ2) is 25.1. The van der Waals surface area contributed by atoms with E-state index in [0.29, 0.717) is 5.75 Å². The molecule has 0 amide bonds. The standard InChI is InChI=1S/C8H9O.3C2H6.CH3.Y/c1-6-4-3-5-7(2)8(6)9;3*1-2;;/h4-5,9H,1-2H3;3*1-2H3;1H3;/q-1;;;;-1;. The van der Waals surface area contributed by atoms with Crippen LogP contribution in [0, 0.1) is 27.3 Å². The van der Waals surface area contributed by atoms with E-state index in [-0.39, 0.29) is 40.1 Å². The van der Waals surface area contributed by atoms with Gasteiger partial charge in [0.25, 0.3) is 0 Å². The number of aryl methyl sites for hydroxylation is 2. The summed E-state index contributed by atoms with van der Waals surface area (Å²) >= 11 is 0. The Kier molecular flexibility index (Phi) is 44.7. The van der Waals surface area contributed by atoms with Gasteiger partial charge in [-0.25, -0.2) is 0 Å². The molecule has 17 heavy (non-hydrogen) atoms. The van der Waals surface area contributed by atoms with Crippen molar-refractivity contribution in [1.82, 2.24) is 0 Å². The Bertz CT molecular complexity index is 202. The van der Waals surface area contributed by atoms with Crippen LogP contribution >= 0.6 is 0 Å². The summed E-state index contributed by atoms with van der Waals surface area (Å²) in [5.74, 6) is 0.383. The third-order valence-corrected chi connectivity index (χ3v) is 1.35. The molecule has 1 nitrogen and oxygen atoms in total. The predicted molar refractivity (Wildman–Crippen MR) is 76.9 cm³/mol. The van der Waals surface area contributed by atoms with Gasteiger partial charge >= 0.3 is 0 Å². The van der Waals surface area contributed by atoms with Gasteiger partial charge in [0.2, 0.25) is 0 Å². The second-order valence-electron chi connectivity index (χ2n) is 2.17. The Morgan fingerprint density at radius 2 is 1.06 bits per heavy atom. The monoisotopic (exact) mass is 315 g/mol. The summed E-state index contributed by atoms with van der Waals surface area (Å²) in [6.07, 6.45) is 0. The fourth-order valence-electron chi connectivity index (χ4n) is 0.739. The molecule has 101 valence electrons. The van der Waals surface area contributed by atoms with Crippen LogP contribution in [0.2, 0.25) is 0 Å². The molecule has 0 spiro atoms. The summed E-state index contributed by atoms with van der Waals surface area (Å²) in [6.45, 7) is 15.7. The number of hydrogen-bond donors (Lipinski definition) is 1. The first kappa shape index (κ1) is 30.3. The van der Waals surface area contributed by atoms with Crippen molar-refractivity contribution >= 4 is 0 Å². The summed E-state index contributed by atoms with van der Waals surface area (Å²) in [7, 11) is 0. The van der Waals surface area contributed by atoms with E-state index in [0.717, 1.165) is 11.1 Å². The van der Waals surface area contributed by atoms with Crippen molar-refractivity contribution in [3.05, 3.63) is 36.8 Å². The second-order valence-corrected chi connectivity index (χ2v) is 2.17. The number of hydrogen-bond acceptors (Lipinski definition) is 1. The fraction of sp³-hybridized carbons (Fsp3) is 0.533. The van der Waals surface area contributed by atoms with Gasteiger partial charge in [0.15, 0.2) is 0 Å². The van der Waals surface area contributed by atoms with E-state index in [1.54, 1.807) is 12.1 Å². The number of rotatable bonds is 0. The zero-order valence-electron chi connectivity index (χ0n) is 13.2. The molecule has 2 heteroatoms. The molecule has 0 bridgehead atoms. The maximum atomic E-state index is 9.19. The zero-order chi connectivity index (χ0) is 12.9. The van der Waals surface area contributed by atoms with Crippen LogP contribution in [-0.2, 0) is 32.7 Å². The molecule has 1 radical (unpaired) electrons. The third kappa shape index (κ3) is 16.1. The van der Waals surface area contributed by atoms with Gasteiger partial charge in [0.1, 0.15) is 0 Å². The van der Waals surface area contributed by atoms with E-state index in [1.807, 2.05) is 55.4 Å². The Balaban J connectivity index is -0.0000000530. The van der Waals surface area contributed by atoms with Gasteiger partial charge in [-0.1, -0.05) is 55.4 Å². The summed E-state index contributed by atoms with van der Waals surface area (Å²) in [6, 6.07) is 6.44. The quantitative estimate of drug-likeness (QED) is 0.641. The molecule has 0 aliphatic rings. The maximum Gasteiger partial charge on any atom is 0.0139 e. The Morgan fingerprint density at radius 3 is 1.24 bits per heavy atom. The van der Waals surface area contributed by atoms with E-state index in [4.69, 9.17) is 0 Å². The molecular formula is C15H30OY-2. The van der Waals surface area contributed by atoms with Crippen molar-refractivity contribution < 1.29 is 37.8 Å². The van der Waals surface area contributed by atoms with Crippen LogP contribution in [0.5, 0.6) is 5.75 Å². The molecule has 1 aromatic rings. The maximum absolute atomic E-state index is 9.19. The van der Waals surface area contributed by atoms with Crippen LogP contribution < -0.4 is 0 Å². The van der Waals surface area contributed by atoms with Crippen molar-refractivity contribution in [3.63, 3.8) is 0 Å². The van der Waals surface area contributed by atoms with Gasteiger partial charge < -0.3 is 12.5 Å². The summed E-state index contributed by atoms with van der Waals surface area (Å²) in [5, 5.41) is 9.19. The van der Waals surface area contributed by atoms with Crippen molar-refractivity contribution in [3.8, 4) is 5.75 Å². The first-order valence-electron chi connectivity index (χ1n) is 5.88. The summed E-state index contributed by atoms with van der Waals surface area (Å²) in [4.78, 5) is 0. The molecule has 1 rings (SSSR count). The number of phenolic OH excluding ortho intramolecular Hbond substituents is 1. The van der Waals surface area contributed by atoms with E-state index in [1.165, 1.54) is 0 Å². The SMILES string of the molecule is CC.CC.CC.Cc1c[c-]cc(C)c1O.[CH3-].[Y]. The van der Waals surface area contributed by atoms with Gasteiger partial charge in [-0.05, 0) is 0 Å². The Labute approximate surface area is 135 Å². The van der Waals surface area contributed by atoms with Gasteiger partial charge in [0.05, 0.1) is 0 Å². The average Bonchev–Trinajstić information content (AvgIpc) is 2.34. The minimum Gasteiger partial charge on any atom is -0.533 e. The summed E-state index contributed by atoms with van der Waals surface area (Å²) in [5.41, 5.74) is 1.77. The van der Waals surface area contributed by atoms with E-state index < -0.39 is 0 Å². The van der Waals surface area contributed by atoms with Crippen molar-refractivity contribution in [1.29, 1.82) is 0 Å². The van der Waals surface area contributed by atoms with Crippen LogP contribution in [0.1, 0.15) is 52.7 Å². The Morgan fingerprint density at radius 1 is 0.824 bits per heavy atom. The Hall–Kier alpha value is 0.124. The van der Waals surface area contributed by atoms with Gasteiger partial charge in [-0.3, -0.25) is 0 Å². The molecule has 1 N–H and O–H groups in total. The van der Waals surface area contributed by atoms with E-state index in [2.05, 4.69) is 6.07 Å². The number of phenols is 1. The van der Waals surface area contributed by atoms with Crippen LogP contribution in [0.3, 0.4) is 0 Å². The molecule has 0 aliphatic carbocycles. The average molecular weight is 315 g/mol. The normalized spacial score (nSPS) is 6.12. The molecule has 0 unspecified atom stereocenters. The molecule has 0 aliphatic heterocycles. The minimum atomic E-state index is 0. The van der Waals surface area contributed by atoms with Gasteiger partial charge in [-0.15, -0.1) is 11.1 Å². The van der Waals surface area contributed by atoms with Crippen LogP contribution in [0.15, 0.2) is 12.1 Å². The smallest absolute Gasteiger partial charge is 0.0139 e. The molecule has 0 heterocycles. The number of benzene rings is 1. The zero-order valence-corrected chi connectivity index (χ0v) is 16.0. The van der Waals surface area contributed by atoms with Gasteiger partial charge in [-0.2, -0.15) is 18.2 Å². The van der Waals surface area contributed by atoms with Crippen LogP contribution in [-0.4, -0.2) is 5.11 Å². The van der Waals surface area contributed by atoms with Crippen molar-refractivity contribution in [2.75, 3.05) is 0 Å². The predicted octanol–water partition coefficient (Wildman–Crippen LogP) is 5.34. The van der Waals surface area contributed by atoms with Crippen LogP contribution in [0.4, 0.5) is 0 Å². The molecule has 0 aromatic heterocycles. The molecule has 0 saturated heterocycles. The van der Waals surface area contributed by atoms with E-state index >= 15 is 0 Å². The largest absolute Gasteiger partial charge is 0.533 e. The first-order valence-corrected chi connectivity index (χ1v) is 5.88. The van der Waals surface area contributed by atoms with Crippen molar-refractivity contribution in [2.45, 2.75) is 55.4 Å². The summed E-state index contributed by atoms with van der Waals surface area (Å²) < 4.78 is 0. The molecule has 0 atom stereocenters. The number of aromatic hydroxyl groups is 1. The fourth-order valence-corrected chi connectivity index (χ4v) is 0.739.